The first-order valence-electron chi connectivity index (χ1n) is 10.3. The molecule has 5 aromatic rings. The zero-order valence-electron chi connectivity index (χ0n) is 16.1. The third-order valence-electron chi connectivity index (χ3n) is 7.12. The molecule has 8 rings (SSSR count). The number of para-hydroxylation sites is 2. The van der Waals surface area contributed by atoms with Crippen LogP contribution in [-0.4, -0.2) is 11.5 Å². The minimum atomic E-state index is 0.164. The van der Waals surface area contributed by atoms with Gasteiger partial charge in [-0.25, -0.2) is 0 Å². The third kappa shape index (κ3) is 1.45. The number of rotatable bonds is 0. The second kappa shape index (κ2) is 4.55. The molecule has 0 radical (unpaired) electrons. The molecule has 0 N–H and O–H groups in total. The van der Waals surface area contributed by atoms with Crippen molar-refractivity contribution in [1.29, 1.82) is 0 Å². The molecule has 2 aromatic heterocycles. The molecule has 3 aromatic carbocycles. The lowest BCUT2D eigenvalue weighted by Gasteiger charge is -2.33. The van der Waals surface area contributed by atoms with Crippen LogP contribution in [0.1, 0.15) is 11.1 Å². The largest absolute Gasteiger partial charge is 0.427 e. The van der Waals surface area contributed by atoms with Gasteiger partial charge in [0.15, 0.2) is 12.7 Å². The fourth-order valence-corrected chi connectivity index (χ4v) is 6.08. The Hall–Kier alpha value is -3.53. The number of fused-ring (bicyclic) bond motifs is 8. The number of nitrogens with zero attached hydrogens (tertiary/aromatic N) is 3. The molecule has 0 spiro atoms. The summed E-state index contributed by atoms with van der Waals surface area (Å²) in [5, 5.41) is 2.70. The molecule has 0 aliphatic carbocycles. The molecule has 134 valence electrons. The Bertz CT molecular complexity index is 1560. The monoisotopic (exact) mass is 370 g/mol. The van der Waals surface area contributed by atoms with E-state index in [0.29, 0.717) is 0 Å². The van der Waals surface area contributed by atoms with Crippen molar-refractivity contribution in [1.82, 2.24) is 4.48 Å². The predicted octanol–water partition coefficient (Wildman–Crippen LogP) is 4.13. The number of hydrogen-bond acceptors (Lipinski definition) is 1. The van der Waals surface area contributed by atoms with E-state index in [4.69, 9.17) is 0 Å². The molecule has 0 saturated heterocycles. The van der Waals surface area contributed by atoms with Crippen LogP contribution in [0.25, 0.3) is 33.1 Å². The van der Waals surface area contributed by atoms with Crippen molar-refractivity contribution in [2.45, 2.75) is 13.5 Å². The lowest BCUT2D eigenvalue weighted by molar-refractivity contribution is -0.671. The Kier molecular flexibility index (Phi) is 2.27. The molecular formula is C25H17BN3+. The van der Waals surface area contributed by atoms with Crippen molar-refractivity contribution >= 4 is 45.6 Å². The zero-order valence-corrected chi connectivity index (χ0v) is 16.1. The van der Waals surface area contributed by atoms with Crippen LogP contribution in [-0.2, 0) is 6.54 Å². The molecule has 4 heteroatoms. The maximum Gasteiger partial charge on any atom is 0.427 e. The maximum atomic E-state index is 2.60. The molecule has 0 unspecified atom stereocenters. The van der Waals surface area contributed by atoms with E-state index < -0.39 is 0 Å². The number of benzene rings is 3. The standard InChI is InChI=1S/C25H17BN3/c1-15-11-12-16-14-27-13-5-8-19-25(27)22(16)23(15)29-21-10-4-7-18-17-6-2-3-9-20(17)28(24(18)21)26(19)29/h2-13H,14H2,1H3/q+1. The number of aromatic nitrogens is 2. The first kappa shape index (κ1) is 14.5. The van der Waals surface area contributed by atoms with E-state index >= 15 is 0 Å². The highest BCUT2D eigenvalue weighted by Crippen LogP contribution is 2.51. The highest BCUT2D eigenvalue weighted by atomic mass is 15.2. The smallest absolute Gasteiger partial charge is 0.359 e. The summed E-state index contributed by atoms with van der Waals surface area (Å²) in [6.07, 6.45) is 2.24. The average molecular weight is 370 g/mol. The van der Waals surface area contributed by atoms with Gasteiger partial charge in [-0.3, -0.25) is 0 Å². The van der Waals surface area contributed by atoms with Crippen LogP contribution in [0, 0.1) is 6.92 Å². The SMILES string of the molecule is Cc1ccc2c3c1N1B(c4ccc[n+](c4-3)C2)n2c3ccccc3c3cccc1c32. The Balaban J connectivity index is 1.63. The van der Waals surface area contributed by atoms with Gasteiger partial charge in [0, 0.05) is 39.1 Å². The molecule has 3 aliphatic rings. The van der Waals surface area contributed by atoms with Gasteiger partial charge in [-0.15, -0.1) is 0 Å². The van der Waals surface area contributed by atoms with Crippen LogP contribution >= 0.6 is 0 Å². The number of anilines is 2. The summed E-state index contributed by atoms with van der Waals surface area (Å²) in [7, 11) is 0. The highest BCUT2D eigenvalue weighted by molar-refractivity contribution is 6.82. The predicted molar refractivity (Wildman–Crippen MR) is 118 cm³/mol. The number of aryl methyl sites for hydroxylation is 1. The van der Waals surface area contributed by atoms with Crippen molar-refractivity contribution in [3.63, 3.8) is 0 Å². The third-order valence-corrected chi connectivity index (χ3v) is 7.12. The quantitative estimate of drug-likeness (QED) is 0.289. The number of hydrogen-bond donors (Lipinski definition) is 0. The Morgan fingerprint density at radius 2 is 1.79 bits per heavy atom. The van der Waals surface area contributed by atoms with Crippen LogP contribution in [0.3, 0.4) is 0 Å². The average Bonchev–Trinajstić information content (AvgIpc) is 3.41. The fourth-order valence-electron chi connectivity index (χ4n) is 6.08. The van der Waals surface area contributed by atoms with E-state index in [1.54, 1.807) is 0 Å². The molecule has 0 saturated carbocycles. The molecule has 0 fully saturated rings. The van der Waals surface area contributed by atoms with Crippen molar-refractivity contribution in [3.8, 4) is 11.3 Å². The minimum Gasteiger partial charge on any atom is -0.359 e. The van der Waals surface area contributed by atoms with Crippen molar-refractivity contribution in [2.24, 2.45) is 0 Å². The molecule has 3 nitrogen and oxygen atoms in total. The van der Waals surface area contributed by atoms with E-state index in [2.05, 4.69) is 93.7 Å². The maximum absolute atomic E-state index is 2.60. The van der Waals surface area contributed by atoms with E-state index in [1.165, 1.54) is 61.0 Å². The Morgan fingerprint density at radius 3 is 2.76 bits per heavy atom. The van der Waals surface area contributed by atoms with Crippen LogP contribution in [0.15, 0.2) is 72.9 Å². The second-order valence-corrected chi connectivity index (χ2v) is 8.51. The van der Waals surface area contributed by atoms with Gasteiger partial charge in [0.1, 0.15) is 0 Å². The van der Waals surface area contributed by atoms with Crippen LogP contribution in [0.4, 0.5) is 11.4 Å². The second-order valence-electron chi connectivity index (χ2n) is 8.51. The molecule has 0 bridgehead atoms. The Labute approximate surface area is 168 Å². The van der Waals surface area contributed by atoms with E-state index in [-0.39, 0.29) is 6.98 Å². The zero-order chi connectivity index (χ0) is 18.9. The van der Waals surface area contributed by atoms with Crippen LogP contribution < -0.4 is 14.8 Å². The Morgan fingerprint density at radius 1 is 0.897 bits per heavy atom. The minimum absolute atomic E-state index is 0.164. The van der Waals surface area contributed by atoms with E-state index in [9.17, 15) is 0 Å². The van der Waals surface area contributed by atoms with Gasteiger partial charge in [0.05, 0.1) is 16.8 Å². The van der Waals surface area contributed by atoms with E-state index in [1.807, 2.05) is 0 Å². The molecular weight excluding hydrogens is 353 g/mol. The molecule has 3 aliphatic heterocycles. The summed E-state index contributed by atoms with van der Waals surface area (Å²) in [6, 6.07) is 24.8. The van der Waals surface area contributed by atoms with Gasteiger partial charge < -0.3 is 9.29 Å². The van der Waals surface area contributed by atoms with Gasteiger partial charge >= 0.3 is 6.98 Å². The lowest BCUT2D eigenvalue weighted by atomic mass is 9.61. The summed E-state index contributed by atoms with van der Waals surface area (Å²) in [6.45, 7) is 3.39. The first-order chi connectivity index (χ1) is 14.3. The van der Waals surface area contributed by atoms with Gasteiger partial charge in [0.2, 0.25) is 5.69 Å². The first-order valence-corrected chi connectivity index (χ1v) is 10.3. The number of pyridine rings is 1. The fraction of sp³-hybridized carbons (Fsp3) is 0.0800. The molecule has 5 heterocycles. The van der Waals surface area contributed by atoms with Crippen LogP contribution in [0.2, 0.25) is 0 Å². The summed E-state index contributed by atoms with van der Waals surface area (Å²) in [5.74, 6) is 0. The normalized spacial score (nSPS) is 14.8. The lowest BCUT2D eigenvalue weighted by Crippen LogP contribution is -2.55. The highest BCUT2D eigenvalue weighted by Gasteiger charge is 2.50. The summed E-state index contributed by atoms with van der Waals surface area (Å²) in [4.78, 5) is 2.60. The van der Waals surface area contributed by atoms with Gasteiger partial charge in [0.25, 0.3) is 0 Å². The van der Waals surface area contributed by atoms with Gasteiger partial charge in [-0.2, -0.15) is 4.57 Å². The van der Waals surface area contributed by atoms with Crippen molar-refractivity contribution < 1.29 is 4.57 Å². The van der Waals surface area contributed by atoms with E-state index in [0.717, 1.165) is 6.54 Å². The topological polar surface area (TPSA) is 12.1 Å². The molecule has 29 heavy (non-hydrogen) atoms. The molecule has 0 atom stereocenters. The summed E-state index contributed by atoms with van der Waals surface area (Å²) >= 11 is 0. The summed E-state index contributed by atoms with van der Waals surface area (Å²) < 4.78 is 5.01. The van der Waals surface area contributed by atoms with Gasteiger partial charge in [-0.1, -0.05) is 48.5 Å². The molecule has 0 amide bonds. The van der Waals surface area contributed by atoms with Crippen LogP contribution in [0.5, 0.6) is 0 Å². The summed E-state index contributed by atoms with van der Waals surface area (Å²) in [5.41, 5.74) is 12.4. The van der Waals surface area contributed by atoms with Crippen molar-refractivity contribution in [3.05, 3.63) is 84.1 Å². The van der Waals surface area contributed by atoms with Gasteiger partial charge in [-0.05, 0) is 24.6 Å². The van der Waals surface area contributed by atoms with Crippen molar-refractivity contribution in [2.75, 3.05) is 4.81 Å².